The van der Waals surface area contributed by atoms with Crippen molar-refractivity contribution in [3.05, 3.63) is 23.5 Å². The summed E-state index contributed by atoms with van der Waals surface area (Å²) in [6.45, 7) is 0. The number of aromatic hydroxyl groups is 1. The molecule has 1 aromatic carbocycles. The summed E-state index contributed by atoms with van der Waals surface area (Å²) in [4.78, 5) is 22.2. The van der Waals surface area contributed by atoms with Crippen molar-refractivity contribution in [1.82, 2.24) is 5.32 Å². The van der Waals surface area contributed by atoms with E-state index < -0.39 is 12.0 Å². The van der Waals surface area contributed by atoms with Crippen LogP contribution in [0.1, 0.15) is 5.56 Å². The molecular formula is C12H11NO6. The van der Waals surface area contributed by atoms with Gasteiger partial charge in [-0.25, -0.2) is 4.79 Å². The lowest BCUT2D eigenvalue weighted by Crippen LogP contribution is -2.18. The van der Waals surface area contributed by atoms with Crippen LogP contribution in [-0.2, 0) is 9.53 Å². The summed E-state index contributed by atoms with van der Waals surface area (Å²) in [7, 11) is 2.77. The number of cyclic esters (lactones) is 1. The Morgan fingerprint density at radius 1 is 1.21 bits per heavy atom. The first-order valence-corrected chi connectivity index (χ1v) is 5.25. The van der Waals surface area contributed by atoms with Crippen LogP contribution in [0.15, 0.2) is 17.9 Å². The van der Waals surface area contributed by atoms with Gasteiger partial charge in [-0.05, 0) is 23.8 Å². The van der Waals surface area contributed by atoms with Crippen molar-refractivity contribution in [3.8, 4) is 17.2 Å². The van der Waals surface area contributed by atoms with Gasteiger partial charge in [0.05, 0.1) is 14.2 Å². The predicted molar refractivity (Wildman–Crippen MR) is 63.8 cm³/mol. The van der Waals surface area contributed by atoms with Crippen LogP contribution >= 0.6 is 0 Å². The van der Waals surface area contributed by atoms with E-state index in [4.69, 9.17) is 9.47 Å². The second kappa shape index (κ2) is 4.89. The lowest BCUT2D eigenvalue weighted by Gasteiger charge is -2.09. The molecule has 1 aromatic rings. The molecule has 2 rings (SSSR count). The van der Waals surface area contributed by atoms with Gasteiger partial charge in [0.2, 0.25) is 5.75 Å². The van der Waals surface area contributed by atoms with Gasteiger partial charge in [-0.3, -0.25) is 10.1 Å². The number of carbonyl (C=O) groups is 2. The minimum atomic E-state index is -0.825. The van der Waals surface area contributed by atoms with Crippen LogP contribution in [0.25, 0.3) is 6.08 Å². The van der Waals surface area contributed by atoms with Crippen molar-refractivity contribution in [2.45, 2.75) is 0 Å². The quantitative estimate of drug-likeness (QED) is 0.792. The summed E-state index contributed by atoms with van der Waals surface area (Å²) in [5.74, 6) is -0.567. The molecule has 19 heavy (non-hydrogen) atoms. The van der Waals surface area contributed by atoms with E-state index in [2.05, 4.69) is 4.74 Å². The zero-order valence-corrected chi connectivity index (χ0v) is 10.2. The Morgan fingerprint density at radius 3 is 2.21 bits per heavy atom. The Balaban J connectivity index is 2.43. The molecule has 0 aliphatic carbocycles. The van der Waals surface area contributed by atoms with E-state index in [1.807, 2.05) is 5.32 Å². The molecule has 0 spiro atoms. The number of ether oxygens (including phenoxy) is 3. The number of carbonyl (C=O) groups excluding carboxylic acids is 2. The predicted octanol–water partition coefficient (Wildman–Crippen LogP) is 1.02. The van der Waals surface area contributed by atoms with E-state index in [0.29, 0.717) is 5.56 Å². The average molecular weight is 265 g/mol. The maximum atomic E-state index is 11.3. The Bertz CT molecular complexity index is 553. The Hall–Kier alpha value is -2.70. The Kier molecular flexibility index (Phi) is 3.28. The van der Waals surface area contributed by atoms with Crippen LogP contribution in [0.2, 0.25) is 0 Å². The van der Waals surface area contributed by atoms with E-state index >= 15 is 0 Å². The van der Waals surface area contributed by atoms with Crippen LogP contribution in [0.4, 0.5) is 4.79 Å². The third kappa shape index (κ3) is 2.44. The van der Waals surface area contributed by atoms with Gasteiger partial charge >= 0.3 is 6.09 Å². The Morgan fingerprint density at radius 2 is 1.79 bits per heavy atom. The monoisotopic (exact) mass is 265 g/mol. The molecule has 0 unspecified atom stereocenters. The van der Waals surface area contributed by atoms with Crippen LogP contribution in [0.3, 0.4) is 0 Å². The lowest BCUT2D eigenvalue weighted by molar-refractivity contribution is -0.116. The van der Waals surface area contributed by atoms with Gasteiger partial charge in [-0.2, -0.15) is 0 Å². The molecule has 0 bridgehead atoms. The van der Waals surface area contributed by atoms with Crippen LogP contribution in [-0.4, -0.2) is 31.3 Å². The average Bonchev–Trinajstić information content (AvgIpc) is 2.69. The molecule has 2 amide bonds. The van der Waals surface area contributed by atoms with Crippen LogP contribution < -0.4 is 14.8 Å². The summed E-state index contributed by atoms with van der Waals surface area (Å²) in [5.41, 5.74) is 0.478. The van der Waals surface area contributed by atoms with Gasteiger partial charge < -0.3 is 19.3 Å². The summed E-state index contributed by atoms with van der Waals surface area (Å²) in [6, 6.07) is 2.95. The smallest absolute Gasteiger partial charge is 0.419 e. The molecule has 0 radical (unpaired) electrons. The Labute approximate surface area is 108 Å². The molecule has 1 aliphatic heterocycles. The van der Waals surface area contributed by atoms with Crippen molar-refractivity contribution < 1.29 is 28.9 Å². The highest BCUT2D eigenvalue weighted by molar-refractivity contribution is 6.09. The number of rotatable bonds is 3. The maximum absolute atomic E-state index is 11.3. The van der Waals surface area contributed by atoms with Crippen molar-refractivity contribution in [3.63, 3.8) is 0 Å². The number of imide groups is 1. The summed E-state index contributed by atoms with van der Waals surface area (Å²) in [5, 5.41) is 11.7. The number of alkyl carbamates (subject to hydrolysis) is 1. The zero-order chi connectivity index (χ0) is 14.0. The minimum absolute atomic E-state index is 0.139. The third-order valence-corrected chi connectivity index (χ3v) is 2.44. The fourth-order valence-electron chi connectivity index (χ4n) is 1.57. The highest BCUT2D eigenvalue weighted by Crippen LogP contribution is 2.37. The van der Waals surface area contributed by atoms with Crippen molar-refractivity contribution in [2.75, 3.05) is 14.2 Å². The minimum Gasteiger partial charge on any atom is -0.502 e. The molecule has 1 aliphatic rings. The fourth-order valence-corrected chi connectivity index (χ4v) is 1.57. The van der Waals surface area contributed by atoms with Crippen LogP contribution in [0, 0.1) is 0 Å². The summed E-state index contributed by atoms with van der Waals surface area (Å²) >= 11 is 0. The molecule has 1 heterocycles. The van der Waals surface area contributed by atoms with E-state index in [0.717, 1.165) is 0 Å². The van der Waals surface area contributed by atoms with Gasteiger partial charge in [0.25, 0.3) is 5.91 Å². The topological polar surface area (TPSA) is 94.1 Å². The number of phenols is 1. The van der Waals surface area contributed by atoms with E-state index in [9.17, 15) is 14.7 Å². The highest BCUT2D eigenvalue weighted by Gasteiger charge is 2.26. The fraction of sp³-hybridized carbons (Fsp3) is 0.167. The molecule has 7 nitrogen and oxygen atoms in total. The second-order valence-corrected chi connectivity index (χ2v) is 3.63. The van der Waals surface area contributed by atoms with Crippen molar-refractivity contribution in [2.24, 2.45) is 0 Å². The largest absolute Gasteiger partial charge is 0.502 e. The lowest BCUT2D eigenvalue weighted by atomic mass is 10.1. The van der Waals surface area contributed by atoms with Crippen molar-refractivity contribution in [1.29, 1.82) is 0 Å². The van der Waals surface area contributed by atoms with Gasteiger partial charge in [-0.1, -0.05) is 0 Å². The molecule has 0 aromatic heterocycles. The van der Waals surface area contributed by atoms with Gasteiger partial charge in [0, 0.05) is 0 Å². The number of methoxy groups -OCH3 is 2. The van der Waals surface area contributed by atoms with E-state index in [-0.39, 0.29) is 23.0 Å². The molecule has 7 heteroatoms. The normalized spacial score (nSPS) is 16.2. The van der Waals surface area contributed by atoms with Gasteiger partial charge in [0.1, 0.15) is 0 Å². The molecule has 0 saturated carbocycles. The van der Waals surface area contributed by atoms with E-state index in [1.54, 1.807) is 0 Å². The molecule has 1 fully saturated rings. The first kappa shape index (κ1) is 12.7. The van der Waals surface area contributed by atoms with Crippen LogP contribution in [0.5, 0.6) is 17.2 Å². The molecule has 0 atom stereocenters. The van der Waals surface area contributed by atoms with Gasteiger partial charge in [-0.15, -0.1) is 0 Å². The molecular weight excluding hydrogens is 254 g/mol. The third-order valence-electron chi connectivity index (χ3n) is 2.44. The first-order chi connectivity index (χ1) is 9.05. The SMILES string of the molecule is COc1cc(/C=C2\OC(=O)NC2=O)cc(OC)c1O. The molecule has 100 valence electrons. The standard InChI is InChI=1S/C12H11NO6/c1-17-7-3-6(4-8(18-2)10(7)14)5-9-11(15)13-12(16)19-9/h3-5,14H,1-2H3,(H,13,15,16)/b9-5-. The number of nitrogens with one attached hydrogen (secondary N) is 1. The molecule has 1 saturated heterocycles. The second-order valence-electron chi connectivity index (χ2n) is 3.63. The summed E-state index contributed by atoms with van der Waals surface area (Å²) in [6.07, 6.45) is 0.513. The number of phenolic OH excluding ortho intramolecular Hbond substituents is 1. The van der Waals surface area contributed by atoms with Crippen molar-refractivity contribution >= 4 is 18.1 Å². The zero-order valence-electron chi connectivity index (χ0n) is 10.2. The maximum Gasteiger partial charge on any atom is 0.419 e. The number of hydrogen-bond donors (Lipinski definition) is 2. The van der Waals surface area contributed by atoms with Gasteiger partial charge in [0.15, 0.2) is 17.3 Å². The molecule has 2 N–H and O–H groups in total. The van der Waals surface area contributed by atoms with E-state index in [1.165, 1.54) is 32.4 Å². The summed E-state index contributed by atoms with van der Waals surface area (Å²) < 4.78 is 14.6. The first-order valence-electron chi connectivity index (χ1n) is 5.25. The number of amides is 2. The number of hydrogen-bond acceptors (Lipinski definition) is 6. The highest BCUT2D eigenvalue weighted by atomic mass is 16.6. The number of benzene rings is 1.